The molecule has 18 heavy (non-hydrogen) atoms. The number of nitrogens with two attached hydrogens (primary N) is 1. The predicted octanol–water partition coefficient (Wildman–Crippen LogP) is 2.25. The van der Waals surface area contributed by atoms with Gasteiger partial charge in [0.05, 0.1) is 12.1 Å². The molecule has 1 heterocycles. The summed E-state index contributed by atoms with van der Waals surface area (Å²) < 4.78 is 5.79. The molecular formula is C15H24N2O. The van der Waals surface area contributed by atoms with E-state index in [1.54, 1.807) is 0 Å². The number of nitrogens with zero attached hydrogens (tertiary/aromatic N) is 1. The molecule has 1 fully saturated rings. The number of rotatable bonds is 4. The third-order valence-corrected chi connectivity index (χ3v) is 3.87. The fraction of sp³-hybridized carbons (Fsp3) is 0.600. The molecule has 1 aliphatic rings. The Kier molecular flexibility index (Phi) is 4.25. The van der Waals surface area contributed by atoms with Crippen LogP contribution in [0.4, 0.5) is 5.69 Å². The Balaban J connectivity index is 2.19. The number of aryl methyl sites for hydroxylation is 2. The molecule has 2 unspecified atom stereocenters. The van der Waals surface area contributed by atoms with E-state index in [2.05, 4.69) is 44.0 Å². The molecule has 1 aromatic rings. The van der Waals surface area contributed by atoms with Crippen LogP contribution in [0.1, 0.15) is 24.0 Å². The van der Waals surface area contributed by atoms with Crippen LogP contribution in [0.15, 0.2) is 18.2 Å². The smallest absolute Gasteiger partial charge is 0.0791 e. The lowest BCUT2D eigenvalue weighted by Gasteiger charge is -2.34. The number of ether oxygens (including phenoxy) is 1. The highest BCUT2D eigenvalue weighted by Crippen LogP contribution is 2.26. The molecule has 3 heteroatoms. The maximum absolute atomic E-state index is 5.95. The van der Waals surface area contributed by atoms with Crippen LogP contribution in [0.2, 0.25) is 0 Å². The van der Waals surface area contributed by atoms with Crippen LogP contribution in [0.25, 0.3) is 0 Å². The summed E-state index contributed by atoms with van der Waals surface area (Å²) in [6, 6.07) is 6.83. The highest BCUT2D eigenvalue weighted by Gasteiger charge is 2.28. The SMILES string of the molecule is Cc1ccc(N(C)C(CN)C2CCCO2)c(C)c1. The normalized spacial score (nSPS) is 21.0. The van der Waals surface area contributed by atoms with E-state index < -0.39 is 0 Å². The van der Waals surface area contributed by atoms with Gasteiger partial charge in [0, 0.05) is 25.9 Å². The summed E-state index contributed by atoms with van der Waals surface area (Å²) in [5.74, 6) is 0. The fourth-order valence-electron chi connectivity index (χ4n) is 2.85. The zero-order valence-corrected chi connectivity index (χ0v) is 11.6. The first-order valence-electron chi connectivity index (χ1n) is 6.75. The summed E-state index contributed by atoms with van der Waals surface area (Å²) >= 11 is 0. The van der Waals surface area contributed by atoms with Gasteiger partial charge in [-0.05, 0) is 38.3 Å². The van der Waals surface area contributed by atoms with E-state index >= 15 is 0 Å². The average molecular weight is 248 g/mol. The Morgan fingerprint density at radius 1 is 1.44 bits per heavy atom. The van der Waals surface area contributed by atoms with Crippen molar-refractivity contribution in [2.75, 3.05) is 25.1 Å². The van der Waals surface area contributed by atoms with Crippen molar-refractivity contribution >= 4 is 5.69 Å². The molecule has 0 bridgehead atoms. The first-order chi connectivity index (χ1) is 8.63. The van der Waals surface area contributed by atoms with Crippen LogP contribution in [0.5, 0.6) is 0 Å². The minimum absolute atomic E-state index is 0.272. The quantitative estimate of drug-likeness (QED) is 0.888. The van der Waals surface area contributed by atoms with E-state index in [1.165, 1.54) is 16.8 Å². The predicted molar refractivity (Wildman–Crippen MR) is 76.1 cm³/mol. The van der Waals surface area contributed by atoms with Crippen LogP contribution in [0, 0.1) is 13.8 Å². The molecule has 1 aliphatic heterocycles. The zero-order valence-electron chi connectivity index (χ0n) is 11.6. The number of hydrogen-bond donors (Lipinski definition) is 1. The lowest BCUT2D eigenvalue weighted by atomic mass is 10.0. The highest BCUT2D eigenvalue weighted by molar-refractivity contribution is 5.54. The molecular weight excluding hydrogens is 224 g/mol. The Hall–Kier alpha value is -1.06. The molecule has 2 atom stereocenters. The van der Waals surface area contributed by atoms with Gasteiger partial charge in [0.1, 0.15) is 0 Å². The number of benzene rings is 1. The molecule has 0 spiro atoms. The topological polar surface area (TPSA) is 38.5 Å². The van der Waals surface area contributed by atoms with Gasteiger partial charge >= 0.3 is 0 Å². The van der Waals surface area contributed by atoms with Crippen molar-refractivity contribution in [3.8, 4) is 0 Å². The minimum atomic E-state index is 0.272. The monoisotopic (exact) mass is 248 g/mol. The summed E-state index contributed by atoms with van der Waals surface area (Å²) in [6.07, 6.45) is 2.56. The average Bonchev–Trinajstić information content (AvgIpc) is 2.83. The van der Waals surface area contributed by atoms with Crippen molar-refractivity contribution in [2.24, 2.45) is 5.73 Å². The second-order valence-electron chi connectivity index (χ2n) is 5.26. The molecule has 0 amide bonds. The Labute approximate surface area is 110 Å². The Morgan fingerprint density at radius 2 is 2.22 bits per heavy atom. The van der Waals surface area contributed by atoms with Crippen LogP contribution in [0.3, 0.4) is 0 Å². The summed E-state index contributed by atoms with van der Waals surface area (Å²) in [7, 11) is 2.12. The number of anilines is 1. The summed E-state index contributed by atoms with van der Waals surface area (Å²) in [5, 5.41) is 0. The molecule has 1 aromatic carbocycles. The number of hydrogen-bond acceptors (Lipinski definition) is 3. The van der Waals surface area contributed by atoms with E-state index in [-0.39, 0.29) is 12.1 Å². The zero-order chi connectivity index (χ0) is 13.1. The van der Waals surface area contributed by atoms with Gasteiger partial charge in [-0.15, -0.1) is 0 Å². The summed E-state index contributed by atoms with van der Waals surface area (Å²) in [4.78, 5) is 2.28. The summed E-state index contributed by atoms with van der Waals surface area (Å²) in [6.45, 7) is 5.79. The maximum Gasteiger partial charge on any atom is 0.0791 e. The van der Waals surface area contributed by atoms with E-state index in [1.807, 2.05) is 0 Å². The van der Waals surface area contributed by atoms with Crippen molar-refractivity contribution in [2.45, 2.75) is 38.8 Å². The molecule has 2 rings (SSSR count). The van der Waals surface area contributed by atoms with Gasteiger partial charge in [-0.3, -0.25) is 0 Å². The van der Waals surface area contributed by atoms with Crippen LogP contribution in [-0.4, -0.2) is 32.3 Å². The largest absolute Gasteiger partial charge is 0.376 e. The van der Waals surface area contributed by atoms with Gasteiger partial charge < -0.3 is 15.4 Å². The van der Waals surface area contributed by atoms with E-state index in [4.69, 9.17) is 10.5 Å². The van der Waals surface area contributed by atoms with E-state index in [0.29, 0.717) is 6.54 Å². The molecule has 100 valence electrons. The van der Waals surface area contributed by atoms with Crippen LogP contribution < -0.4 is 10.6 Å². The van der Waals surface area contributed by atoms with Crippen LogP contribution in [-0.2, 0) is 4.74 Å². The molecule has 0 saturated carbocycles. The van der Waals surface area contributed by atoms with Crippen molar-refractivity contribution in [3.05, 3.63) is 29.3 Å². The Bertz CT molecular complexity index is 399. The standard InChI is InChI=1S/C15H24N2O/c1-11-6-7-13(12(2)9-11)17(3)14(10-16)15-5-4-8-18-15/h6-7,9,14-15H,4-5,8,10,16H2,1-3H3. The second kappa shape index (κ2) is 5.72. The summed E-state index contributed by atoms with van der Waals surface area (Å²) in [5.41, 5.74) is 9.80. The highest BCUT2D eigenvalue weighted by atomic mass is 16.5. The molecule has 0 aliphatic carbocycles. The van der Waals surface area contributed by atoms with Gasteiger partial charge in [-0.2, -0.15) is 0 Å². The first-order valence-corrected chi connectivity index (χ1v) is 6.75. The third-order valence-electron chi connectivity index (χ3n) is 3.87. The third kappa shape index (κ3) is 2.68. The number of likely N-dealkylation sites (N-methyl/N-ethyl adjacent to an activating group) is 1. The minimum Gasteiger partial charge on any atom is -0.376 e. The van der Waals surface area contributed by atoms with Gasteiger partial charge in [-0.25, -0.2) is 0 Å². The Morgan fingerprint density at radius 3 is 2.78 bits per heavy atom. The first kappa shape index (κ1) is 13.4. The van der Waals surface area contributed by atoms with Crippen molar-refractivity contribution in [1.29, 1.82) is 0 Å². The van der Waals surface area contributed by atoms with Crippen molar-refractivity contribution in [1.82, 2.24) is 0 Å². The van der Waals surface area contributed by atoms with Crippen molar-refractivity contribution in [3.63, 3.8) is 0 Å². The van der Waals surface area contributed by atoms with E-state index in [0.717, 1.165) is 19.4 Å². The van der Waals surface area contributed by atoms with Gasteiger partial charge in [0.2, 0.25) is 0 Å². The van der Waals surface area contributed by atoms with Crippen LogP contribution >= 0.6 is 0 Å². The molecule has 0 aromatic heterocycles. The van der Waals surface area contributed by atoms with Crippen molar-refractivity contribution < 1.29 is 4.74 Å². The fourth-order valence-corrected chi connectivity index (χ4v) is 2.85. The molecule has 1 saturated heterocycles. The molecule has 2 N–H and O–H groups in total. The second-order valence-corrected chi connectivity index (χ2v) is 5.26. The van der Waals surface area contributed by atoms with Gasteiger partial charge in [0.25, 0.3) is 0 Å². The molecule has 3 nitrogen and oxygen atoms in total. The van der Waals surface area contributed by atoms with Gasteiger partial charge in [0.15, 0.2) is 0 Å². The molecule has 0 radical (unpaired) electrons. The van der Waals surface area contributed by atoms with E-state index in [9.17, 15) is 0 Å². The van der Waals surface area contributed by atoms with Gasteiger partial charge in [-0.1, -0.05) is 17.7 Å². The lowest BCUT2D eigenvalue weighted by Crippen LogP contribution is -2.46. The lowest BCUT2D eigenvalue weighted by molar-refractivity contribution is 0.0906. The maximum atomic E-state index is 5.95.